The van der Waals surface area contributed by atoms with Crippen LogP contribution in [0.15, 0.2) is 54.1 Å². The van der Waals surface area contributed by atoms with E-state index in [0.717, 1.165) is 17.5 Å². The summed E-state index contributed by atoms with van der Waals surface area (Å²) in [6, 6.07) is 16.2. The molecule has 1 heterocycles. The van der Waals surface area contributed by atoms with E-state index in [1.807, 2.05) is 44.2 Å². The van der Waals surface area contributed by atoms with E-state index in [4.69, 9.17) is 4.74 Å². The molecule has 0 bridgehead atoms. The molecule has 2 aromatic carbocycles. The van der Waals surface area contributed by atoms with Crippen LogP contribution in [0.5, 0.6) is 0 Å². The fourth-order valence-electron chi connectivity index (χ4n) is 3.36. The van der Waals surface area contributed by atoms with E-state index in [9.17, 15) is 14.9 Å². The zero-order valence-corrected chi connectivity index (χ0v) is 16.7. The Morgan fingerprint density at radius 1 is 1.17 bits per heavy atom. The van der Waals surface area contributed by atoms with Crippen LogP contribution < -0.4 is 10.6 Å². The minimum Gasteiger partial charge on any atom is -0.462 e. The highest BCUT2D eigenvalue weighted by atomic mass is 16.5. The van der Waals surface area contributed by atoms with E-state index in [1.54, 1.807) is 31.2 Å². The van der Waals surface area contributed by atoms with Crippen molar-refractivity contribution in [2.75, 3.05) is 11.9 Å². The van der Waals surface area contributed by atoms with Gasteiger partial charge in [-0.3, -0.25) is 4.79 Å². The molecule has 0 saturated heterocycles. The van der Waals surface area contributed by atoms with Crippen molar-refractivity contribution in [3.63, 3.8) is 0 Å². The van der Waals surface area contributed by atoms with Gasteiger partial charge in [0.25, 0.3) is 5.91 Å². The number of fused-ring (bicyclic) bond motifs is 1. The SMILES string of the molecule is CCOC(=O)c1ccc(NC(=O)/C(C#N)=C2\NC(C)(C)Cc3ccccc32)cc1. The van der Waals surface area contributed by atoms with Gasteiger partial charge in [0.15, 0.2) is 0 Å². The second-order valence-corrected chi connectivity index (χ2v) is 7.46. The van der Waals surface area contributed by atoms with Crippen LogP contribution in [0, 0.1) is 11.3 Å². The Morgan fingerprint density at radius 3 is 2.52 bits per heavy atom. The van der Waals surface area contributed by atoms with E-state index in [0.29, 0.717) is 23.6 Å². The minimum absolute atomic E-state index is 0.0136. The average Bonchev–Trinajstić information content (AvgIpc) is 2.68. The molecule has 0 saturated carbocycles. The number of amides is 1. The van der Waals surface area contributed by atoms with Gasteiger partial charge in [0.2, 0.25) is 0 Å². The molecule has 0 atom stereocenters. The van der Waals surface area contributed by atoms with Gasteiger partial charge in [0, 0.05) is 16.8 Å². The number of anilines is 1. The molecule has 6 heteroatoms. The van der Waals surface area contributed by atoms with Crippen molar-refractivity contribution in [3.8, 4) is 6.07 Å². The zero-order chi connectivity index (χ0) is 21.0. The fraction of sp³-hybridized carbons (Fsp3) is 0.261. The summed E-state index contributed by atoms with van der Waals surface area (Å²) in [6.45, 7) is 6.09. The summed E-state index contributed by atoms with van der Waals surface area (Å²) in [6.07, 6.45) is 0.794. The molecule has 0 radical (unpaired) electrons. The Bertz CT molecular complexity index is 1010. The van der Waals surface area contributed by atoms with E-state index < -0.39 is 11.9 Å². The summed E-state index contributed by atoms with van der Waals surface area (Å²) in [4.78, 5) is 24.6. The van der Waals surface area contributed by atoms with Crippen LogP contribution in [0.2, 0.25) is 0 Å². The van der Waals surface area contributed by atoms with Gasteiger partial charge >= 0.3 is 5.97 Å². The molecule has 0 aliphatic carbocycles. The maximum Gasteiger partial charge on any atom is 0.338 e. The summed E-state index contributed by atoms with van der Waals surface area (Å²) < 4.78 is 4.95. The van der Waals surface area contributed by atoms with Crippen LogP contribution in [-0.2, 0) is 16.0 Å². The number of nitrogens with one attached hydrogen (secondary N) is 2. The third-order valence-corrected chi connectivity index (χ3v) is 4.63. The lowest BCUT2D eigenvalue weighted by molar-refractivity contribution is -0.112. The van der Waals surface area contributed by atoms with Crippen molar-refractivity contribution in [1.29, 1.82) is 5.26 Å². The molecule has 148 valence electrons. The third-order valence-electron chi connectivity index (χ3n) is 4.63. The minimum atomic E-state index is -0.508. The molecule has 29 heavy (non-hydrogen) atoms. The number of ether oxygens (including phenoxy) is 1. The summed E-state index contributed by atoms with van der Waals surface area (Å²) in [5, 5.41) is 15.8. The molecule has 6 nitrogen and oxygen atoms in total. The highest BCUT2D eigenvalue weighted by Gasteiger charge is 2.31. The zero-order valence-electron chi connectivity index (χ0n) is 16.7. The topological polar surface area (TPSA) is 91.2 Å². The van der Waals surface area contributed by atoms with Gasteiger partial charge in [-0.05, 0) is 57.0 Å². The Kier molecular flexibility index (Phi) is 5.69. The number of carbonyl (C=O) groups is 2. The van der Waals surface area contributed by atoms with Crippen LogP contribution in [0.4, 0.5) is 5.69 Å². The molecule has 0 aromatic heterocycles. The molecular weight excluding hydrogens is 366 g/mol. The average molecular weight is 389 g/mol. The molecule has 1 aliphatic heterocycles. The van der Waals surface area contributed by atoms with Gasteiger partial charge < -0.3 is 15.4 Å². The van der Waals surface area contributed by atoms with Crippen LogP contribution in [0.25, 0.3) is 5.70 Å². The van der Waals surface area contributed by atoms with E-state index in [2.05, 4.69) is 10.6 Å². The molecule has 1 amide bonds. The number of carbonyl (C=O) groups excluding carboxylic acids is 2. The molecule has 2 aromatic rings. The van der Waals surface area contributed by atoms with E-state index in [1.165, 1.54) is 0 Å². The summed E-state index contributed by atoms with van der Waals surface area (Å²) >= 11 is 0. The third kappa shape index (κ3) is 4.46. The predicted molar refractivity (Wildman–Crippen MR) is 111 cm³/mol. The molecule has 0 fully saturated rings. The molecule has 2 N–H and O–H groups in total. The molecule has 3 rings (SSSR count). The Hall–Kier alpha value is -3.59. The Balaban J connectivity index is 1.90. The number of rotatable bonds is 4. The van der Waals surface area contributed by atoms with Crippen LogP contribution >= 0.6 is 0 Å². The summed E-state index contributed by atoms with van der Waals surface area (Å²) in [5.41, 5.74) is 3.09. The lowest BCUT2D eigenvalue weighted by atomic mass is 9.84. The number of hydrogen-bond donors (Lipinski definition) is 2. The van der Waals surface area contributed by atoms with E-state index in [-0.39, 0.29) is 11.1 Å². The molecule has 0 spiro atoms. The van der Waals surface area contributed by atoms with Gasteiger partial charge in [0.05, 0.1) is 17.9 Å². The highest BCUT2D eigenvalue weighted by molar-refractivity contribution is 6.12. The fourth-order valence-corrected chi connectivity index (χ4v) is 3.36. The first-order chi connectivity index (χ1) is 13.8. The van der Waals surface area contributed by atoms with Crippen molar-refractivity contribution in [3.05, 3.63) is 70.8 Å². The van der Waals surface area contributed by atoms with Gasteiger partial charge in [-0.1, -0.05) is 24.3 Å². The lowest BCUT2D eigenvalue weighted by Gasteiger charge is -2.36. The number of benzene rings is 2. The first-order valence-corrected chi connectivity index (χ1v) is 9.44. The van der Waals surface area contributed by atoms with Crippen molar-refractivity contribution >= 4 is 23.3 Å². The molecular formula is C23H23N3O3. The summed E-state index contributed by atoms with van der Waals surface area (Å²) in [5.74, 6) is -0.929. The van der Waals surface area contributed by atoms with Gasteiger partial charge in [0.1, 0.15) is 11.6 Å². The summed E-state index contributed by atoms with van der Waals surface area (Å²) in [7, 11) is 0. The number of hydrogen-bond acceptors (Lipinski definition) is 5. The van der Waals surface area contributed by atoms with Crippen molar-refractivity contribution in [2.24, 2.45) is 0 Å². The first kappa shape index (κ1) is 20.2. The number of esters is 1. The maximum atomic E-state index is 12.9. The lowest BCUT2D eigenvalue weighted by Crippen LogP contribution is -2.44. The van der Waals surface area contributed by atoms with Crippen LogP contribution in [-0.4, -0.2) is 24.0 Å². The van der Waals surface area contributed by atoms with Gasteiger partial charge in [-0.2, -0.15) is 5.26 Å². The van der Waals surface area contributed by atoms with Gasteiger partial charge in [-0.15, -0.1) is 0 Å². The largest absolute Gasteiger partial charge is 0.462 e. The maximum absolute atomic E-state index is 12.9. The molecule has 1 aliphatic rings. The quantitative estimate of drug-likeness (QED) is 0.473. The Morgan fingerprint density at radius 2 is 1.86 bits per heavy atom. The molecule has 0 unspecified atom stereocenters. The second-order valence-electron chi connectivity index (χ2n) is 7.46. The smallest absolute Gasteiger partial charge is 0.338 e. The van der Waals surface area contributed by atoms with Crippen molar-refractivity contribution < 1.29 is 14.3 Å². The van der Waals surface area contributed by atoms with Crippen molar-refractivity contribution in [2.45, 2.75) is 32.7 Å². The van der Waals surface area contributed by atoms with Crippen molar-refractivity contribution in [1.82, 2.24) is 5.32 Å². The normalized spacial score (nSPS) is 15.9. The standard InChI is InChI=1S/C23H23N3O3/c1-4-29-22(28)15-9-11-17(12-10-15)25-21(27)19(14-24)20-18-8-6-5-7-16(18)13-23(2,3)26-20/h5-12,26H,4,13H2,1-3H3,(H,25,27)/b20-19-. The Labute approximate surface area is 170 Å². The first-order valence-electron chi connectivity index (χ1n) is 9.44. The highest BCUT2D eigenvalue weighted by Crippen LogP contribution is 2.31. The monoisotopic (exact) mass is 389 g/mol. The predicted octanol–water partition coefficient (Wildman–Crippen LogP) is 3.66. The number of nitrogens with zero attached hydrogens (tertiary/aromatic N) is 1. The van der Waals surface area contributed by atoms with Crippen LogP contribution in [0.3, 0.4) is 0 Å². The van der Waals surface area contributed by atoms with Crippen LogP contribution in [0.1, 0.15) is 42.3 Å². The van der Waals surface area contributed by atoms with E-state index >= 15 is 0 Å². The second kappa shape index (κ2) is 8.19. The number of nitriles is 1. The van der Waals surface area contributed by atoms with Gasteiger partial charge in [-0.25, -0.2) is 4.79 Å².